The molecule has 0 aliphatic heterocycles. The third kappa shape index (κ3) is 5.30. The highest BCUT2D eigenvalue weighted by Crippen LogP contribution is 2.22. The molecule has 1 N–H and O–H groups in total. The number of hydrogen-bond donors (Lipinski definition) is 1. The van der Waals surface area contributed by atoms with E-state index in [0.29, 0.717) is 13.0 Å². The lowest BCUT2D eigenvalue weighted by molar-refractivity contribution is -0.120. The fraction of sp³-hybridized carbons (Fsp3) is 0.500. The highest BCUT2D eigenvalue weighted by molar-refractivity contribution is 9.11. The van der Waals surface area contributed by atoms with Crippen LogP contribution in [0.4, 0.5) is 0 Å². The highest BCUT2D eigenvalue weighted by atomic mass is 79.9. The van der Waals surface area contributed by atoms with Crippen LogP contribution in [0.25, 0.3) is 0 Å². The summed E-state index contributed by atoms with van der Waals surface area (Å²) in [6, 6.07) is 3.94. The number of carbonyl (C=O) groups is 1. The maximum Gasteiger partial charge on any atom is 0.225 e. The fourth-order valence-corrected chi connectivity index (χ4v) is 2.57. The van der Waals surface area contributed by atoms with E-state index in [1.54, 1.807) is 11.3 Å². The van der Waals surface area contributed by atoms with E-state index in [2.05, 4.69) is 21.2 Å². The van der Waals surface area contributed by atoms with Gasteiger partial charge >= 0.3 is 0 Å². The zero-order chi connectivity index (χ0) is 11.3. The first-order valence-electron chi connectivity index (χ1n) is 4.73. The highest BCUT2D eigenvalue weighted by Gasteiger charge is 2.04. The Morgan fingerprint density at radius 2 is 2.27 bits per heavy atom. The summed E-state index contributed by atoms with van der Waals surface area (Å²) >= 11 is 4.98. The quantitative estimate of drug-likeness (QED) is 0.896. The standard InChI is InChI=1S/C10H15BrN2OS/c1-13(2)6-5-12-10(14)7-8-3-4-9(11)15-8/h3-4H,5-7H2,1-2H3,(H,12,14). The van der Waals surface area contributed by atoms with Crippen LogP contribution < -0.4 is 5.32 Å². The third-order valence-electron chi connectivity index (χ3n) is 1.84. The van der Waals surface area contributed by atoms with Crippen molar-refractivity contribution < 1.29 is 4.79 Å². The van der Waals surface area contributed by atoms with Gasteiger partial charge in [-0.1, -0.05) is 0 Å². The van der Waals surface area contributed by atoms with Gasteiger partial charge < -0.3 is 10.2 Å². The molecule has 0 saturated heterocycles. The third-order valence-corrected chi connectivity index (χ3v) is 3.47. The van der Waals surface area contributed by atoms with Gasteiger partial charge in [-0.15, -0.1) is 11.3 Å². The van der Waals surface area contributed by atoms with E-state index in [0.717, 1.165) is 15.2 Å². The summed E-state index contributed by atoms with van der Waals surface area (Å²) in [4.78, 5) is 14.6. The second kappa shape index (κ2) is 6.25. The molecule has 1 aromatic rings. The molecule has 0 unspecified atom stereocenters. The Labute approximate surface area is 103 Å². The normalized spacial score (nSPS) is 10.7. The van der Waals surface area contributed by atoms with Gasteiger partial charge in [0.05, 0.1) is 10.2 Å². The molecule has 0 atom stereocenters. The van der Waals surface area contributed by atoms with Crippen molar-refractivity contribution in [1.29, 1.82) is 0 Å². The van der Waals surface area contributed by atoms with Crippen LogP contribution in [0.2, 0.25) is 0 Å². The maximum atomic E-state index is 11.5. The first-order valence-corrected chi connectivity index (χ1v) is 6.34. The number of nitrogens with zero attached hydrogens (tertiary/aromatic N) is 1. The molecule has 0 radical (unpaired) electrons. The summed E-state index contributed by atoms with van der Waals surface area (Å²) in [7, 11) is 3.98. The first-order chi connectivity index (χ1) is 7.08. The minimum Gasteiger partial charge on any atom is -0.355 e. The van der Waals surface area contributed by atoms with E-state index in [1.165, 1.54) is 0 Å². The number of thiophene rings is 1. The predicted octanol–water partition coefficient (Wildman–Crippen LogP) is 1.73. The summed E-state index contributed by atoms with van der Waals surface area (Å²) in [5, 5.41) is 2.88. The minimum absolute atomic E-state index is 0.0891. The molecule has 0 aliphatic rings. The number of hydrogen-bond acceptors (Lipinski definition) is 3. The molecule has 0 fully saturated rings. The van der Waals surface area contributed by atoms with Gasteiger partial charge in [0.25, 0.3) is 0 Å². The Kier molecular flexibility index (Phi) is 5.28. The molecule has 0 aromatic carbocycles. The van der Waals surface area contributed by atoms with Crippen LogP contribution in [-0.2, 0) is 11.2 Å². The molecule has 0 spiro atoms. The average Bonchev–Trinajstić information content (AvgIpc) is 2.50. The number of nitrogens with one attached hydrogen (secondary N) is 1. The average molecular weight is 291 g/mol. The van der Waals surface area contributed by atoms with Crippen molar-refractivity contribution in [1.82, 2.24) is 10.2 Å². The molecule has 3 nitrogen and oxygen atoms in total. The molecule has 0 saturated carbocycles. The summed E-state index contributed by atoms with van der Waals surface area (Å²) in [5.41, 5.74) is 0. The maximum absolute atomic E-state index is 11.5. The molecule has 1 heterocycles. The Bertz CT molecular complexity index is 325. The Hall–Kier alpha value is -0.390. The van der Waals surface area contributed by atoms with Crippen molar-refractivity contribution in [3.8, 4) is 0 Å². The Morgan fingerprint density at radius 3 is 2.80 bits per heavy atom. The molecule has 1 aromatic heterocycles. The number of amides is 1. The molecule has 5 heteroatoms. The molecule has 84 valence electrons. The van der Waals surface area contributed by atoms with Crippen LogP contribution >= 0.6 is 27.3 Å². The van der Waals surface area contributed by atoms with Gasteiger partial charge in [0, 0.05) is 18.0 Å². The first kappa shape index (κ1) is 12.7. The summed E-state index contributed by atoms with van der Waals surface area (Å²) < 4.78 is 1.07. The Morgan fingerprint density at radius 1 is 1.53 bits per heavy atom. The zero-order valence-electron chi connectivity index (χ0n) is 8.92. The molecule has 1 amide bonds. The van der Waals surface area contributed by atoms with Crippen molar-refractivity contribution in [2.45, 2.75) is 6.42 Å². The van der Waals surface area contributed by atoms with Crippen molar-refractivity contribution in [3.63, 3.8) is 0 Å². The van der Waals surface area contributed by atoms with Crippen molar-refractivity contribution in [3.05, 3.63) is 20.8 Å². The van der Waals surface area contributed by atoms with E-state index in [-0.39, 0.29) is 5.91 Å². The Balaban J connectivity index is 2.24. The zero-order valence-corrected chi connectivity index (χ0v) is 11.3. The number of rotatable bonds is 5. The van der Waals surface area contributed by atoms with Crippen molar-refractivity contribution in [2.75, 3.05) is 27.2 Å². The van der Waals surface area contributed by atoms with Crippen LogP contribution in [0, 0.1) is 0 Å². The molecule has 15 heavy (non-hydrogen) atoms. The fourth-order valence-electron chi connectivity index (χ4n) is 1.09. The van der Waals surface area contributed by atoms with Crippen LogP contribution in [0.5, 0.6) is 0 Å². The van der Waals surface area contributed by atoms with Gasteiger partial charge in [0.15, 0.2) is 0 Å². The molecular formula is C10H15BrN2OS. The van der Waals surface area contributed by atoms with Crippen LogP contribution in [0.3, 0.4) is 0 Å². The number of carbonyl (C=O) groups excluding carboxylic acids is 1. The lowest BCUT2D eigenvalue weighted by Gasteiger charge is -2.09. The second-order valence-electron chi connectivity index (χ2n) is 3.54. The molecule has 0 aliphatic carbocycles. The predicted molar refractivity (Wildman–Crippen MR) is 67.3 cm³/mol. The van der Waals surface area contributed by atoms with E-state index < -0.39 is 0 Å². The van der Waals surface area contributed by atoms with Gasteiger partial charge in [0.2, 0.25) is 5.91 Å². The van der Waals surface area contributed by atoms with E-state index >= 15 is 0 Å². The number of halogens is 1. The lowest BCUT2D eigenvalue weighted by Crippen LogP contribution is -2.32. The SMILES string of the molecule is CN(C)CCNC(=O)Cc1ccc(Br)s1. The monoisotopic (exact) mass is 290 g/mol. The lowest BCUT2D eigenvalue weighted by atomic mass is 10.3. The minimum atomic E-state index is 0.0891. The molecule has 1 rings (SSSR count). The van der Waals surface area contributed by atoms with E-state index in [1.807, 2.05) is 31.1 Å². The largest absolute Gasteiger partial charge is 0.355 e. The topological polar surface area (TPSA) is 32.3 Å². The summed E-state index contributed by atoms with van der Waals surface area (Å²) in [6.07, 6.45) is 0.476. The van der Waals surface area contributed by atoms with Gasteiger partial charge in [-0.2, -0.15) is 0 Å². The van der Waals surface area contributed by atoms with Gasteiger partial charge in [-0.05, 0) is 42.2 Å². The van der Waals surface area contributed by atoms with E-state index in [9.17, 15) is 4.79 Å². The second-order valence-corrected chi connectivity index (χ2v) is 6.08. The van der Waals surface area contributed by atoms with Crippen LogP contribution in [0.1, 0.15) is 4.88 Å². The number of likely N-dealkylation sites (N-methyl/N-ethyl adjacent to an activating group) is 1. The molecule has 0 bridgehead atoms. The van der Waals surface area contributed by atoms with Crippen molar-refractivity contribution in [2.24, 2.45) is 0 Å². The smallest absolute Gasteiger partial charge is 0.225 e. The van der Waals surface area contributed by atoms with Crippen LogP contribution in [0.15, 0.2) is 15.9 Å². The van der Waals surface area contributed by atoms with Crippen LogP contribution in [-0.4, -0.2) is 38.0 Å². The van der Waals surface area contributed by atoms with E-state index in [4.69, 9.17) is 0 Å². The van der Waals surface area contributed by atoms with Gasteiger partial charge in [-0.3, -0.25) is 4.79 Å². The van der Waals surface area contributed by atoms with Gasteiger partial charge in [0.1, 0.15) is 0 Å². The van der Waals surface area contributed by atoms with Crippen molar-refractivity contribution >= 4 is 33.2 Å². The molecular weight excluding hydrogens is 276 g/mol. The summed E-state index contributed by atoms with van der Waals surface area (Å²) in [6.45, 7) is 1.58. The summed E-state index contributed by atoms with van der Waals surface area (Å²) in [5.74, 6) is 0.0891. The van der Waals surface area contributed by atoms with Gasteiger partial charge in [-0.25, -0.2) is 0 Å².